The number of amides is 1. The first kappa shape index (κ1) is 20.0. The van der Waals surface area contributed by atoms with Crippen molar-refractivity contribution in [2.45, 2.75) is 39.2 Å². The largest absolute Gasteiger partial charge is 0.490 e. The van der Waals surface area contributed by atoms with Crippen LogP contribution in [0.2, 0.25) is 0 Å². The number of nitrogens with one attached hydrogen (secondary N) is 1. The van der Waals surface area contributed by atoms with Crippen LogP contribution in [-0.2, 0) is 11.3 Å². The molecule has 1 aliphatic rings. The minimum Gasteiger partial charge on any atom is -0.490 e. The summed E-state index contributed by atoms with van der Waals surface area (Å²) >= 11 is 0. The van der Waals surface area contributed by atoms with Gasteiger partial charge in [0, 0.05) is 32.3 Å². The Morgan fingerprint density at radius 2 is 1.89 bits per heavy atom. The molecule has 6 nitrogen and oxygen atoms in total. The Labute approximate surface area is 166 Å². The molecule has 0 radical (unpaired) electrons. The second kappa shape index (κ2) is 10.5. The highest BCUT2D eigenvalue weighted by Crippen LogP contribution is 2.26. The summed E-state index contributed by atoms with van der Waals surface area (Å²) < 4.78 is 11.3. The number of hydrogen-bond donors (Lipinski definition) is 1. The molecule has 1 fully saturated rings. The maximum Gasteiger partial charge on any atom is 0.220 e. The molecule has 2 heterocycles. The molecule has 0 unspecified atom stereocenters. The predicted octanol–water partition coefficient (Wildman–Crippen LogP) is 3.56. The van der Waals surface area contributed by atoms with Gasteiger partial charge in [-0.05, 0) is 56.0 Å². The molecule has 1 N–H and O–H groups in total. The predicted molar refractivity (Wildman–Crippen MR) is 110 cm³/mol. The fourth-order valence-electron chi connectivity index (χ4n) is 3.24. The van der Waals surface area contributed by atoms with E-state index in [0.717, 1.165) is 36.0 Å². The summed E-state index contributed by atoms with van der Waals surface area (Å²) in [6.45, 7) is 5.67. The molecule has 1 amide bonds. The molecule has 1 saturated heterocycles. The fourth-order valence-corrected chi connectivity index (χ4v) is 3.24. The molecule has 28 heavy (non-hydrogen) atoms. The summed E-state index contributed by atoms with van der Waals surface area (Å²) in [7, 11) is 0. The highest BCUT2D eigenvalue weighted by molar-refractivity contribution is 5.75. The molecule has 0 bridgehead atoms. The number of hydrogen-bond acceptors (Lipinski definition) is 5. The minimum atomic E-state index is 0.0289. The summed E-state index contributed by atoms with van der Waals surface area (Å²) in [6, 6.07) is 11.6. The van der Waals surface area contributed by atoms with Crippen LogP contribution in [0.3, 0.4) is 0 Å². The Kier molecular flexibility index (Phi) is 7.53. The average Bonchev–Trinajstić information content (AvgIpc) is 3.26. The number of nitrogens with zero attached hydrogens (tertiary/aromatic N) is 2. The number of anilines is 1. The fraction of sp³-hybridized carbons (Fsp3) is 0.455. The Morgan fingerprint density at radius 3 is 2.64 bits per heavy atom. The quantitative estimate of drug-likeness (QED) is 0.636. The lowest BCUT2D eigenvalue weighted by molar-refractivity contribution is -0.121. The summed E-state index contributed by atoms with van der Waals surface area (Å²) in [5.74, 6) is 2.49. The van der Waals surface area contributed by atoms with E-state index in [-0.39, 0.29) is 5.91 Å². The monoisotopic (exact) mass is 383 g/mol. The van der Waals surface area contributed by atoms with Crippen molar-refractivity contribution in [1.82, 2.24) is 10.3 Å². The van der Waals surface area contributed by atoms with Crippen molar-refractivity contribution in [1.29, 1.82) is 0 Å². The van der Waals surface area contributed by atoms with Gasteiger partial charge in [-0.3, -0.25) is 4.79 Å². The van der Waals surface area contributed by atoms with Crippen molar-refractivity contribution < 1.29 is 14.3 Å². The number of aromatic nitrogens is 1. The molecule has 1 aromatic heterocycles. The first-order valence-electron chi connectivity index (χ1n) is 10.1. The van der Waals surface area contributed by atoms with Crippen LogP contribution in [0.1, 0.15) is 38.2 Å². The number of carbonyl (C=O) groups excluding carboxylic acids is 1. The van der Waals surface area contributed by atoms with Gasteiger partial charge >= 0.3 is 0 Å². The number of para-hydroxylation sites is 2. The summed E-state index contributed by atoms with van der Waals surface area (Å²) in [5.41, 5.74) is 1.08. The first-order chi connectivity index (χ1) is 13.8. The second-order valence-corrected chi connectivity index (χ2v) is 6.82. The Balaban J connectivity index is 1.38. The van der Waals surface area contributed by atoms with E-state index in [2.05, 4.69) is 21.3 Å². The Bertz CT molecular complexity index is 760. The molecule has 1 aliphatic heterocycles. The van der Waals surface area contributed by atoms with E-state index in [1.165, 1.54) is 12.8 Å². The lowest BCUT2D eigenvalue weighted by Crippen LogP contribution is -2.24. The van der Waals surface area contributed by atoms with E-state index in [1.807, 2.05) is 43.5 Å². The van der Waals surface area contributed by atoms with Gasteiger partial charge < -0.3 is 19.7 Å². The maximum absolute atomic E-state index is 12.1. The molecule has 6 heteroatoms. The number of rotatable bonds is 10. The molecule has 0 aliphatic carbocycles. The van der Waals surface area contributed by atoms with Crippen LogP contribution < -0.4 is 19.7 Å². The topological polar surface area (TPSA) is 63.7 Å². The highest BCUT2D eigenvalue weighted by atomic mass is 16.5. The third-order valence-corrected chi connectivity index (χ3v) is 4.68. The van der Waals surface area contributed by atoms with Gasteiger partial charge in [-0.2, -0.15) is 0 Å². The minimum absolute atomic E-state index is 0.0289. The van der Waals surface area contributed by atoms with Gasteiger partial charge in [-0.1, -0.05) is 12.1 Å². The lowest BCUT2D eigenvalue weighted by atomic mass is 10.2. The third kappa shape index (κ3) is 5.87. The van der Waals surface area contributed by atoms with Gasteiger partial charge in [-0.15, -0.1) is 0 Å². The molecule has 2 aromatic rings. The summed E-state index contributed by atoms with van der Waals surface area (Å²) in [6.07, 6.45) is 5.35. The zero-order chi connectivity index (χ0) is 19.6. The number of pyridine rings is 1. The Morgan fingerprint density at radius 1 is 1.14 bits per heavy atom. The van der Waals surface area contributed by atoms with Crippen LogP contribution in [0.15, 0.2) is 42.6 Å². The summed E-state index contributed by atoms with van der Waals surface area (Å²) in [5, 5.41) is 2.98. The average molecular weight is 383 g/mol. The zero-order valence-corrected chi connectivity index (χ0v) is 16.5. The van der Waals surface area contributed by atoms with Crippen molar-refractivity contribution in [2.24, 2.45) is 0 Å². The van der Waals surface area contributed by atoms with Crippen molar-refractivity contribution in [2.75, 3.05) is 31.2 Å². The van der Waals surface area contributed by atoms with Crippen LogP contribution in [0.5, 0.6) is 11.5 Å². The normalized spacial score (nSPS) is 13.4. The molecule has 0 saturated carbocycles. The molecule has 1 aromatic carbocycles. The van der Waals surface area contributed by atoms with Gasteiger partial charge in [0.15, 0.2) is 11.5 Å². The van der Waals surface area contributed by atoms with Crippen molar-refractivity contribution in [3.63, 3.8) is 0 Å². The van der Waals surface area contributed by atoms with E-state index < -0.39 is 0 Å². The molecule has 150 valence electrons. The standard InChI is InChI=1S/C22H29N3O3/c1-2-27-19-8-3-4-9-20(19)28-15-7-10-22(26)24-17-18-11-12-23-21(16-18)25-13-5-6-14-25/h3-4,8-9,11-12,16H,2,5-7,10,13-15,17H2,1H3,(H,24,26). The van der Waals surface area contributed by atoms with Crippen LogP contribution in [0.4, 0.5) is 5.82 Å². The smallest absolute Gasteiger partial charge is 0.220 e. The highest BCUT2D eigenvalue weighted by Gasteiger charge is 2.13. The van der Waals surface area contributed by atoms with E-state index in [4.69, 9.17) is 9.47 Å². The van der Waals surface area contributed by atoms with Gasteiger partial charge in [0.2, 0.25) is 5.91 Å². The molecule has 3 rings (SSSR count). The van der Waals surface area contributed by atoms with Crippen LogP contribution in [-0.4, -0.2) is 37.2 Å². The molecular formula is C22H29N3O3. The van der Waals surface area contributed by atoms with Crippen molar-refractivity contribution >= 4 is 11.7 Å². The SMILES string of the molecule is CCOc1ccccc1OCCCC(=O)NCc1ccnc(N2CCCC2)c1. The first-order valence-corrected chi connectivity index (χ1v) is 10.1. The number of benzene rings is 1. The van der Waals surface area contributed by atoms with E-state index in [9.17, 15) is 4.79 Å². The lowest BCUT2D eigenvalue weighted by Gasteiger charge is -2.17. The van der Waals surface area contributed by atoms with E-state index >= 15 is 0 Å². The van der Waals surface area contributed by atoms with Crippen LogP contribution >= 0.6 is 0 Å². The van der Waals surface area contributed by atoms with Crippen LogP contribution in [0.25, 0.3) is 0 Å². The zero-order valence-electron chi connectivity index (χ0n) is 16.5. The van der Waals surface area contributed by atoms with E-state index in [1.54, 1.807) is 0 Å². The molecule has 0 atom stereocenters. The van der Waals surface area contributed by atoms with Gasteiger partial charge in [0.25, 0.3) is 0 Å². The third-order valence-electron chi connectivity index (χ3n) is 4.68. The van der Waals surface area contributed by atoms with Gasteiger partial charge in [-0.25, -0.2) is 4.98 Å². The maximum atomic E-state index is 12.1. The molecule has 0 spiro atoms. The van der Waals surface area contributed by atoms with Crippen molar-refractivity contribution in [3.8, 4) is 11.5 Å². The van der Waals surface area contributed by atoms with Gasteiger partial charge in [0.1, 0.15) is 5.82 Å². The number of carbonyl (C=O) groups is 1. The van der Waals surface area contributed by atoms with E-state index in [0.29, 0.717) is 32.6 Å². The Hall–Kier alpha value is -2.76. The second-order valence-electron chi connectivity index (χ2n) is 6.82. The molecular weight excluding hydrogens is 354 g/mol. The summed E-state index contributed by atoms with van der Waals surface area (Å²) in [4.78, 5) is 18.9. The van der Waals surface area contributed by atoms with Crippen molar-refractivity contribution in [3.05, 3.63) is 48.2 Å². The van der Waals surface area contributed by atoms with Gasteiger partial charge in [0.05, 0.1) is 13.2 Å². The number of ether oxygens (including phenoxy) is 2. The van der Waals surface area contributed by atoms with Crippen LogP contribution in [0, 0.1) is 0 Å².